The van der Waals surface area contributed by atoms with E-state index in [1.54, 1.807) is 24.0 Å². The van der Waals surface area contributed by atoms with Gasteiger partial charge in [-0.25, -0.2) is 14.5 Å². The van der Waals surface area contributed by atoms with E-state index in [9.17, 15) is 9.59 Å². The summed E-state index contributed by atoms with van der Waals surface area (Å²) in [6.45, 7) is 5.77. The number of benzene rings is 1. The Balaban J connectivity index is 1.97. The average molecular weight is 419 g/mol. The van der Waals surface area contributed by atoms with Crippen LogP contribution in [0.4, 0.5) is 0 Å². The van der Waals surface area contributed by atoms with Crippen molar-refractivity contribution in [2.24, 2.45) is 0 Å². The lowest BCUT2D eigenvalue weighted by atomic mass is 10.1. The third-order valence-electron chi connectivity index (χ3n) is 4.91. The number of esters is 1. The van der Waals surface area contributed by atoms with Crippen molar-refractivity contribution in [2.45, 2.75) is 39.3 Å². The van der Waals surface area contributed by atoms with E-state index in [1.807, 2.05) is 50.2 Å². The number of aromatic nitrogens is 3. The summed E-state index contributed by atoms with van der Waals surface area (Å²) in [5, 5.41) is 13.7. The fourth-order valence-corrected chi connectivity index (χ4v) is 3.23. The summed E-state index contributed by atoms with van der Waals surface area (Å²) in [6.07, 6.45) is 0.821. The van der Waals surface area contributed by atoms with E-state index in [-0.39, 0.29) is 24.9 Å². The van der Waals surface area contributed by atoms with Crippen molar-refractivity contribution in [3.63, 3.8) is 0 Å². The normalized spacial score (nSPS) is 11.9. The third-order valence-corrected chi connectivity index (χ3v) is 4.91. The highest BCUT2D eigenvalue weighted by atomic mass is 16.5. The van der Waals surface area contributed by atoms with Crippen molar-refractivity contribution in [3.8, 4) is 17.3 Å². The molecule has 0 aliphatic heterocycles. The number of hydrogen-bond acceptors (Lipinski definition) is 6. The Hall–Kier alpha value is -3.73. The first kappa shape index (κ1) is 22.0. The van der Waals surface area contributed by atoms with Crippen molar-refractivity contribution < 1.29 is 14.3 Å². The maximum atomic E-state index is 13.1. The van der Waals surface area contributed by atoms with Gasteiger partial charge < -0.3 is 9.64 Å². The number of amides is 1. The van der Waals surface area contributed by atoms with Crippen LogP contribution in [0.2, 0.25) is 0 Å². The lowest BCUT2D eigenvalue weighted by Gasteiger charge is -2.20. The Kier molecular flexibility index (Phi) is 6.65. The standard InChI is InChI=1S/C23H25N5O3/c1-15(2)28-21-19(14-25-28)18(13-20(26-21)17-9-6-5-7-10-17)23(30)31-16(3)22(29)27(4)12-8-11-24/h5-7,9-10,13-16H,8,12H2,1-4H3/t16-/m1/s1. The number of carbonyl (C=O) groups is 2. The van der Waals surface area contributed by atoms with Gasteiger partial charge in [-0.1, -0.05) is 30.3 Å². The first-order valence-electron chi connectivity index (χ1n) is 10.1. The Labute approximate surface area is 181 Å². The van der Waals surface area contributed by atoms with Crippen LogP contribution < -0.4 is 0 Å². The van der Waals surface area contributed by atoms with Crippen molar-refractivity contribution in [3.05, 3.63) is 48.2 Å². The lowest BCUT2D eigenvalue weighted by molar-refractivity contribution is -0.138. The second-order valence-electron chi connectivity index (χ2n) is 7.56. The fraction of sp³-hybridized carbons (Fsp3) is 0.348. The monoisotopic (exact) mass is 419 g/mol. The SMILES string of the molecule is CC(C)n1ncc2c(C(=O)O[C@H](C)C(=O)N(C)CCC#N)cc(-c3ccccc3)nc21. The number of carbonyl (C=O) groups excluding carboxylic acids is 2. The summed E-state index contributed by atoms with van der Waals surface area (Å²) in [4.78, 5) is 31.7. The topological polar surface area (TPSA) is 101 Å². The van der Waals surface area contributed by atoms with Gasteiger partial charge in [0.05, 0.1) is 35.3 Å². The minimum atomic E-state index is -0.986. The summed E-state index contributed by atoms with van der Waals surface area (Å²) < 4.78 is 7.24. The second kappa shape index (κ2) is 9.39. The smallest absolute Gasteiger partial charge is 0.339 e. The molecule has 1 amide bonds. The summed E-state index contributed by atoms with van der Waals surface area (Å²) in [5.41, 5.74) is 2.35. The first-order valence-corrected chi connectivity index (χ1v) is 10.1. The molecule has 0 unspecified atom stereocenters. The van der Waals surface area contributed by atoms with Crippen LogP contribution >= 0.6 is 0 Å². The van der Waals surface area contributed by atoms with Gasteiger partial charge in [0.15, 0.2) is 11.8 Å². The van der Waals surface area contributed by atoms with Gasteiger partial charge in [0.2, 0.25) is 0 Å². The summed E-state index contributed by atoms with van der Waals surface area (Å²) in [7, 11) is 1.58. The molecule has 8 nitrogen and oxygen atoms in total. The molecule has 1 aromatic carbocycles. The van der Waals surface area contributed by atoms with Gasteiger partial charge >= 0.3 is 5.97 Å². The number of hydrogen-bond donors (Lipinski definition) is 0. The van der Waals surface area contributed by atoms with Crippen LogP contribution in [0, 0.1) is 11.3 Å². The molecule has 0 fully saturated rings. The van der Waals surface area contributed by atoms with Crippen LogP contribution in [-0.4, -0.2) is 51.2 Å². The maximum Gasteiger partial charge on any atom is 0.339 e. The van der Waals surface area contributed by atoms with Crippen LogP contribution in [0.3, 0.4) is 0 Å². The molecule has 0 spiro atoms. The zero-order chi connectivity index (χ0) is 22.5. The van der Waals surface area contributed by atoms with E-state index < -0.39 is 12.1 Å². The number of fused-ring (bicyclic) bond motifs is 1. The molecule has 1 atom stereocenters. The number of rotatable bonds is 7. The van der Waals surface area contributed by atoms with E-state index in [0.29, 0.717) is 22.3 Å². The first-order chi connectivity index (χ1) is 14.8. The second-order valence-corrected chi connectivity index (χ2v) is 7.56. The van der Waals surface area contributed by atoms with Crippen LogP contribution in [0.1, 0.15) is 43.6 Å². The number of nitrogens with zero attached hydrogens (tertiary/aromatic N) is 5. The van der Waals surface area contributed by atoms with E-state index in [4.69, 9.17) is 15.0 Å². The Morgan fingerprint density at radius 1 is 1.23 bits per heavy atom. The van der Waals surface area contributed by atoms with Crippen molar-refractivity contribution in [1.29, 1.82) is 5.26 Å². The molecular weight excluding hydrogens is 394 g/mol. The summed E-state index contributed by atoms with van der Waals surface area (Å²) >= 11 is 0. The van der Waals surface area contributed by atoms with E-state index in [1.165, 1.54) is 11.8 Å². The fourth-order valence-electron chi connectivity index (χ4n) is 3.23. The highest BCUT2D eigenvalue weighted by Gasteiger charge is 2.25. The van der Waals surface area contributed by atoms with Crippen LogP contribution in [0.25, 0.3) is 22.3 Å². The molecule has 3 rings (SSSR count). The Morgan fingerprint density at radius 3 is 2.58 bits per heavy atom. The van der Waals surface area contributed by atoms with Crippen LogP contribution in [0.5, 0.6) is 0 Å². The van der Waals surface area contributed by atoms with Crippen LogP contribution in [0.15, 0.2) is 42.6 Å². The molecule has 0 aliphatic carbocycles. The number of ether oxygens (including phenoxy) is 1. The highest BCUT2D eigenvalue weighted by molar-refractivity contribution is 6.04. The summed E-state index contributed by atoms with van der Waals surface area (Å²) in [5.74, 6) is -0.988. The zero-order valence-electron chi connectivity index (χ0n) is 18.1. The van der Waals surface area contributed by atoms with Gasteiger partial charge in [-0.2, -0.15) is 10.4 Å². The van der Waals surface area contributed by atoms with Crippen molar-refractivity contribution >= 4 is 22.9 Å². The third kappa shape index (κ3) is 4.72. The van der Waals surface area contributed by atoms with Gasteiger partial charge in [-0.15, -0.1) is 0 Å². The van der Waals surface area contributed by atoms with E-state index in [2.05, 4.69) is 5.10 Å². The van der Waals surface area contributed by atoms with Gasteiger partial charge in [0.25, 0.3) is 5.91 Å². The Bertz CT molecular complexity index is 1130. The zero-order valence-corrected chi connectivity index (χ0v) is 18.1. The molecule has 0 saturated carbocycles. The molecule has 0 aliphatic rings. The number of likely N-dealkylation sites (N-methyl/N-ethyl adjacent to an activating group) is 1. The van der Waals surface area contributed by atoms with Crippen molar-refractivity contribution in [2.75, 3.05) is 13.6 Å². The molecule has 0 N–H and O–H groups in total. The average Bonchev–Trinajstić information content (AvgIpc) is 3.21. The Morgan fingerprint density at radius 2 is 1.94 bits per heavy atom. The molecule has 2 heterocycles. The predicted molar refractivity (Wildman–Crippen MR) is 116 cm³/mol. The van der Waals surface area contributed by atoms with E-state index >= 15 is 0 Å². The minimum Gasteiger partial charge on any atom is -0.449 e. The highest BCUT2D eigenvalue weighted by Crippen LogP contribution is 2.27. The molecule has 0 saturated heterocycles. The molecule has 0 bridgehead atoms. The molecule has 160 valence electrons. The van der Waals surface area contributed by atoms with Gasteiger partial charge in [-0.3, -0.25) is 4.79 Å². The maximum absolute atomic E-state index is 13.1. The predicted octanol–water partition coefficient (Wildman–Crippen LogP) is 3.60. The molecule has 8 heteroatoms. The van der Waals surface area contributed by atoms with Gasteiger partial charge in [0, 0.05) is 25.2 Å². The van der Waals surface area contributed by atoms with E-state index in [0.717, 1.165) is 5.56 Å². The molecule has 3 aromatic rings. The molecular formula is C23H25N5O3. The molecule has 2 aromatic heterocycles. The van der Waals surface area contributed by atoms with Crippen molar-refractivity contribution in [1.82, 2.24) is 19.7 Å². The number of nitriles is 1. The molecule has 31 heavy (non-hydrogen) atoms. The largest absolute Gasteiger partial charge is 0.449 e. The van der Waals surface area contributed by atoms with Gasteiger partial charge in [0.1, 0.15) is 0 Å². The molecule has 0 radical (unpaired) electrons. The van der Waals surface area contributed by atoms with Gasteiger partial charge in [-0.05, 0) is 26.8 Å². The minimum absolute atomic E-state index is 0.0502. The number of pyridine rings is 1. The summed E-state index contributed by atoms with van der Waals surface area (Å²) in [6, 6.07) is 13.2. The lowest BCUT2D eigenvalue weighted by Crippen LogP contribution is -2.37. The quantitative estimate of drug-likeness (QED) is 0.542. The van der Waals surface area contributed by atoms with Crippen LogP contribution in [-0.2, 0) is 9.53 Å².